The number of benzene rings is 1. The van der Waals surface area contributed by atoms with Gasteiger partial charge in [0.25, 0.3) is 0 Å². The van der Waals surface area contributed by atoms with Gasteiger partial charge in [-0.05, 0) is 37.9 Å². The maximum atomic E-state index is 9.21. The molecule has 1 saturated heterocycles. The molecule has 1 fully saturated rings. The maximum absolute atomic E-state index is 9.21. The van der Waals surface area contributed by atoms with Crippen LogP contribution in [0.2, 0.25) is 0 Å². The molecule has 5 nitrogen and oxygen atoms in total. The lowest BCUT2D eigenvalue weighted by atomic mass is 10.1. The third kappa shape index (κ3) is 2.59. The molecule has 2 unspecified atom stereocenters. The molecule has 2 atom stereocenters. The molecule has 1 aliphatic rings. The van der Waals surface area contributed by atoms with Crippen LogP contribution in [0.25, 0.3) is 11.5 Å². The molecule has 0 saturated carbocycles. The van der Waals surface area contributed by atoms with E-state index in [1.54, 1.807) is 0 Å². The van der Waals surface area contributed by atoms with Crippen molar-refractivity contribution in [2.45, 2.75) is 19.4 Å². The molecule has 0 aliphatic carbocycles. The van der Waals surface area contributed by atoms with Gasteiger partial charge in [0.2, 0.25) is 11.8 Å². The zero-order chi connectivity index (χ0) is 13.9. The van der Waals surface area contributed by atoms with Crippen molar-refractivity contribution in [2.24, 2.45) is 5.92 Å². The van der Waals surface area contributed by atoms with Crippen molar-refractivity contribution in [3.05, 3.63) is 36.2 Å². The minimum Gasteiger partial charge on any atom is -0.419 e. The van der Waals surface area contributed by atoms with Crippen LogP contribution in [0.1, 0.15) is 25.3 Å². The highest BCUT2D eigenvalue weighted by molar-refractivity contribution is 5.51. The molecule has 106 valence electrons. The van der Waals surface area contributed by atoms with Crippen LogP contribution in [0.4, 0.5) is 0 Å². The Morgan fingerprint density at radius 2 is 2.15 bits per heavy atom. The zero-order valence-electron chi connectivity index (χ0n) is 11.6. The Labute approximate surface area is 118 Å². The van der Waals surface area contributed by atoms with E-state index in [-0.39, 0.29) is 12.6 Å². The molecular formula is C15H19N3O2. The highest BCUT2D eigenvalue weighted by atomic mass is 16.4. The van der Waals surface area contributed by atoms with E-state index >= 15 is 0 Å². The predicted octanol–water partition coefficient (Wildman–Crippen LogP) is 2.11. The number of likely N-dealkylation sites (tertiary alicyclic amines) is 1. The van der Waals surface area contributed by atoms with Crippen molar-refractivity contribution >= 4 is 0 Å². The summed E-state index contributed by atoms with van der Waals surface area (Å²) < 4.78 is 5.79. The lowest BCUT2D eigenvalue weighted by Gasteiger charge is -2.20. The van der Waals surface area contributed by atoms with Crippen LogP contribution in [-0.4, -0.2) is 39.9 Å². The van der Waals surface area contributed by atoms with Crippen molar-refractivity contribution in [1.82, 2.24) is 15.1 Å². The van der Waals surface area contributed by atoms with Crippen LogP contribution >= 0.6 is 0 Å². The van der Waals surface area contributed by atoms with Gasteiger partial charge in [-0.25, -0.2) is 0 Å². The third-order valence-corrected chi connectivity index (χ3v) is 3.94. The number of aliphatic hydroxyl groups is 1. The highest BCUT2D eigenvalue weighted by Gasteiger charge is 2.29. The predicted molar refractivity (Wildman–Crippen MR) is 74.9 cm³/mol. The first-order valence-corrected chi connectivity index (χ1v) is 7.01. The molecule has 20 heavy (non-hydrogen) atoms. The monoisotopic (exact) mass is 273 g/mol. The third-order valence-electron chi connectivity index (χ3n) is 3.94. The molecule has 1 aromatic carbocycles. The fraction of sp³-hybridized carbons (Fsp3) is 0.467. The lowest BCUT2D eigenvalue weighted by molar-refractivity contribution is 0.190. The van der Waals surface area contributed by atoms with E-state index in [1.807, 2.05) is 30.3 Å². The Balaban J connectivity index is 1.74. The molecule has 5 heteroatoms. The Morgan fingerprint density at radius 1 is 1.35 bits per heavy atom. The average Bonchev–Trinajstić information content (AvgIpc) is 3.17. The number of hydrogen-bond donors (Lipinski definition) is 1. The number of hydrogen-bond acceptors (Lipinski definition) is 5. The second kappa shape index (κ2) is 5.73. The number of rotatable bonds is 4. The molecule has 1 aliphatic heterocycles. The summed E-state index contributed by atoms with van der Waals surface area (Å²) in [7, 11) is 0. The molecular weight excluding hydrogens is 254 g/mol. The highest BCUT2D eigenvalue weighted by Crippen LogP contribution is 2.28. The van der Waals surface area contributed by atoms with Crippen LogP contribution < -0.4 is 0 Å². The smallest absolute Gasteiger partial charge is 0.247 e. The van der Waals surface area contributed by atoms with Gasteiger partial charge in [0.1, 0.15) is 0 Å². The fourth-order valence-electron chi connectivity index (χ4n) is 2.62. The summed E-state index contributed by atoms with van der Waals surface area (Å²) in [5.41, 5.74) is 0.938. The summed E-state index contributed by atoms with van der Waals surface area (Å²) in [5, 5.41) is 17.5. The fourth-order valence-corrected chi connectivity index (χ4v) is 2.62. The summed E-state index contributed by atoms with van der Waals surface area (Å²) in [4.78, 5) is 2.28. The van der Waals surface area contributed by atoms with Crippen molar-refractivity contribution in [3.8, 4) is 11.5 Å². The van der Waals surface area contributed by atoms with Crippen LogP contribution in [0, 0.1) is 5.92 Å². The van der Waals surface area contributed by atoms with Crippen molar-refractivity contribution in [3.63, 3.8) is 0 Å². The minimum absolute atomic E-state index is 0.0940. The lowest BCUT2D eigenvalue weighted by Crippen LogP contribution is -2.25. The van der Waals surface area contributed by atoms with Gasteiger partial charge in [0.05, 0.1) is 6.04 Å². The average molecular weight is 273 g/mol. The van der Waals surface area contributed by atoms with Gasteiger partial charge in [-0.1, -0.05) is 18.2 Å². The largest absolute Gasteiger partial charge is 0.419 e. The van der Waals surface area contributed by atoms with Gasteiger partial charge in [-0.2, -0.15) is 0 Å². The second-order valence-corrected chi connectivity index (χ2v) is 5.32. The zero-order valence-corrected chi connectivity index (χ0v) is 11.6. The van der Waals surface area contributed by atoms with E-state index in [2.05, 4.69) is 22.0 Å². The van der Waals surface area contributed by atoms with Crippen LogP contribution in [-0.2, 0) is 0 Å². The minimum atomic E-state index is 0.0940. The summed E-state index contributed by atoms with van der Waals surface area (Å²) in [6, 6.07) is 9.88. The number of aliphatic hydroxyl groups excluding tert-OH is 1. The normalized spacial score (nSPS) is 21.2. The SMILES string of the molecule is CC(c1nnc(-c2ccccc2)o1)N1CCC(CO)C1. The molecule has 0 spiro atoms. The first-order valence-electron chi connectivity index (χ1n) is 7.01. The Kier molecular flexibility index (Phi) is 3.80. The van der Waals surface area contributed by atoms with Gasteiger partial charge in [-0.15, -0.1) is 10.2 Å². The summed E-state index contributed by atoms with van der Waals surface area (Å²) in [6.45, 7) is 4.18. The van der Waals surface area contributed by atoms with Crippen LogP contribution in [0.5, 0.6) is 0 Å². The summed E-state index contributed by atoms with van der Waals surface area (Å²) in [5.74, 6) is 1.57. The Hall–Kier alpha value is -1.72. The van der Waals surface area contributed by atoms with Crippen LogP contribution in [0.3, 0.4) is 0 Å². The first kappa shape index (κ1) is 13.3. The molecule has 0 radical (unpaired) electrons. The van der Waals surface area contributed by atoms with E-state index in [0.29, 0.717) is 17.7 Å². The second-order valence-electron chi connectivity index (χ2n) is 5.32. The van der Waals surface area contributed by atoms with Gasteiger partial charge in [0, 0.05) is 18.7 Å². The maximum Gasteiger partial charge on any atom is 0.247 e. The standard InChI is InChI=1S/C15H19N3O2/c1-11(18-8-7-12(9-18)10-19)14-16-17-15(20-14)13-5-3-2-4-6-13/h2-6,11-12,19H,7-10H2,1H3. The number of nitrogens with zero attached hydrogens (tertiary/aromatic N) is 3. The summed E-state index contributed by atoms with van der Waals surface area (Å²) in [6.07, 6.45) is 1.03. The van der Waals surface area contributed by atoms with Gasteiger partial charge >= 0.3 is 0 Å². The Bertz CT molecular complexity index is 555. The molecule has 1 N–H and O–H groups in total. The Morgan fingerprint density at radius 3 is 2.85 bits per heavy atom. The molecule has 0 amide bonds. The molecule has 2 aromatic rings. The first-order chi connectivity index (χ1) is 9.78. The molecule has 1 aromatic heterocycles. The van der Waals surface area contributed by atoms with Gasteiger partial charge < -0.3 is 9.52 Å². The van der Waals surface area contributed by atoms with E-state index in [4.69, 9.17) is 4.42 Å². The van der Waals surface area contributed by atoms with Crippen molar-refractivity contribution in [2.75, 3.05) is 19.7 Å². The summed E-state index contributed by atoms with van der Waals surface area (Å²) >= 11 is 0. The quantitative estimate of drug-likeness (QED) is 0.924. The number of aromatic nitrogens is 2. The van der Waals surface area contributed by atoms with E-state index in [9.17, 15) is 5.11 Å². The molecule has 0 bridgehead atoms. The van der Waals surface area contributed by atoms with Gasteiger partial charge in [-0.3, -0.25) is 4.90 Å². The van der Waals surface area contributed by atoms with Crippen LogP contribution in [0.15, 0.2) is 34.7 Å². The van der Waals surface area contributed by atoms with E-state index in [1.165, 1.54) is 0 Å². The van der Waals surface area contributed by atoms with Gasteiger partial charge in [0.15, 0.2) is 0 Å². The molecule has 3 rings (SSSR count). The van der Waals surface area contributed by atoms with E-state index < -0.39 is 0 Å². The topological polar surface area (TPSA) is 62.4 Å². The van der Waals surface area contributed by atoms with Crippen molar-refractivity contribution < 1.29 is 9.52 Å². The van der Waals surface area contributed by atoms with E-state index in [0.717, 1.165) is 25.1 Å². The molecule has 2 heterocycles. The van der Waals surface area contributed by atoms with Crippen molar-refractivity contribution in [1.29, 1.82) is 0 Å².